The van der Waals surface area contributed by atoms with Crippen LogP contribution in [0.1, 0.15) is 63.7 Å². The predicted molar refractivity (Wildman–Crippen MR) is 97.3 cm³/mol. The molecule has 136 valence electrons. The van der Waals surface area contributed by atoms with E-state index < -0.39 is 0 Å². The number of imide groups is 1. The summed E-state index contributed by atoms with van der Waals surface area (Å²) in [7, 11) is 0. The van der Waals surface area contributed by atoms with Crippen molar-refractivity contribution in [1.82, 2.24) is 15.5 Å². The fourth-order valence-electron chi connectivity index (χ4n) is 3.20. The molecule has 0 saturated carbocycles. The molecule has 2 aliphatic heterocycles. The highest BCUT2D eigenvalue weighted by molar-refractivity contribution is 6.22. The second-order valence-corrected chi connectivity index (χ2v) is 6.38. The molecular formula is C18H24ClN3O3. The third-order valence-electron chi connectivity index (χ3n) is 4.64. The molecule has 1 aromatic rings. The third kappa shape index (κ3) is 4.02. The van der Waals surface area contributed by atoms with Crippen molar-refractivity contribution < 1.29 is 14.4 Å². The summed E-state index contributed by atoms with van der Waals surface area (Å²) in [4.78, 5) is 38.3. The number of carbonyl (C=O) groups is 3. The first-order chi connectivity index (χ1) is 11.6. The highest BCUT2D eigenvalue weighted by Crippen LogP contribution is 2.24. The van der Waals surface area contributed by atoms with Gasteiger partial charge in [0.2, 0.25) is 0 Å². The molecule has 0 radical (unpaired) electrons. The summed E-state index contributed by atoms with van der Waals surface area (Å²) in [5.74, 6) is -0.764. The largest absolute Gasteiger partial charge is 0.350 e. The molecule has 1 saturated heterocycles. The van der Waals surface area contributed by atoms with Gasteiger partial charge >= 0.3 is 0 Å². The molecule has 3 rings (SSSR count). The van der Waals surface area contributed by atoms with Crippen LogP contribution in [0, 0.1) is 0 Å². The van der Waals surface area contributed by atoms with Crippen LogP contribution in [0.4, 0.5) is 0 Å². The lowest BCUT2D eigenvalue weighted by molar-refractivity contribution is 0.0652. The second kappa shape index (κ2) is 8.45. The molecule has 2 N–H and O–H groups in total. The van der Waals surface area contributed by atoms with Gasteiger partial charge in [-0.3, -0.25) is 19.3 Å². The summed E-state index contributed by atoms with van der Waals surface area (Å²) in [6, 6.07) is 5.06. The molecule has 0 aromatic heterocycles. The smallest absolute Gasteiger partial charge is 0.261 e. The number of hydrogen-bond acceptors (Lipinski definition) is 4. The molecular weight excluding hydrogens is 342 g/mol. The number of halogens is 1. The summed E-state index contributed by atoms with van der Waals surface area (Å²) in [6.45, 7) is 4.01. The first-order valence-electron chi connectivity index (χ1n) is 8.63. The van der Waals surface area contributed by atoms with Crippen molar-refractivity contribution in [3.63, 3.8) is 0 Å². The second-order valence-electron chi connectivity index (χ2n) is 6.38. The number of unbranched alkanes of at least 4 members (excludes halogenated alkanes) is 1. The molecule has 1 unspecified atom stereocenters. The lowest BCUT2D eigenvalue weighted by Crippen LogP contribution is -2.37. The summed E-state index contributed by atoms with van der Waals surface area (Å²) >= 11 is 0. The Labute approximate surface area is 153 Å². The van der Waals surface area contributed by atoms with Gasteiger partial charge in [0.15, 0.2) is 0 Å². The molecule has 2 aliphatic rings. The number of nitrogens with zero attached hydrogens (tertiary/aromatic N) is 1. The molecule has 1 aromatic carbocycles. The molecule has 0 aliphatic carbocycles. The maximum absolute atomic E-state index is 12.4. The number of benzene rings is 1. The average Bonchev–Trinajstić information content (AvgIpc) is 3.19. The van der Waals surface area contributed by atoms with Crippen LogP contribution in [0.15, 0.2) is 18.2 Å². The molecule has 7 heteroatoms. The van der Waals surface area contributed by atoms with Crippen LogP contribution in [0.5, 0.6) is 0 Å². The van der Waals surface area contributed by atoms with Crippen LogP contribution in [0.3, 0.4) is 0 Å². The summed E-state index contributed by atoms with van der Waals surface area (Å²) in [5, 5.41) is 6.22. The Balaban J connectivity index is 0.00000225. The highest BCUT2D eigenvalue weighted by Gasteiger charge is 2.35. The maximum Gasteiger partial charge on any atom is 0.261 e. The van der Waals surface area contributed by atoms with Crippen molar-refractivity contribution in [2.24, 2.45) is 0 Å². The van der Waals surface area contributed by atoms with Gasteiger partial charge in [0, 0.05) is 24.7 Å². The third-order valence-corrected chi connectivity index (χ3v) is 4.64. The molecule has 6 nitrogen and oxygen atoms in total. The number of hydrogen-bond donors (Lipinski definition) is 2. The minimum Gasteiger partial charge on any atom is -0.350 e. The first-order valence-corrected chi connectivity index (χ1v) is 8.63. The lowest BCUT2D eigenvalue weighted by Gasteiger charge is -2.12. The Morgan fingerprint density at radius 1 is 1.28 bits per heavy atom. The van der Waals surface area contributed by atoms with Crippen molar-refractivity contribution in [1.29, 1.82) is 0 Å². The van der Waals surface area contributed by atoms with Gasteiger partial charge in [0.05, 0.1) is 11.1 Å². The van der Waals surface area contributed by atoms with Gasteiger partial charge in [0.25, 0.3) is 17.7 Å². The van der Waals surface area contributed by atoms with Crippen molar-refractivity contribution in [2.75, 3.05) is 19.6 Å². The average molecular weight is 366 g/mol. The zero-order valence-electron chi connectivity index (χ0n) is 14.3. The number of nitrogens with one attached hydrogen (secondary N) is 2. The molecule has 0 spiro atoms. The minimum absolute atomic E-state index is 0. The van der Waals surface area contributed by atoms with E-state index in [0.717, 1.165) is 32.2 Å². The maximum atomic E-state index is 12.4. The highest BCUT2D eigenvalue weighted by atomic mass is 35.5. The van der Waals surface area contributed by atoms with Gasteiger partial charge in [-0.05, 0) is 44.0 Å². The van der Waals surface area contributed by atoms with E-state index in [0.29, 0.717) is 35.8 Å². The van der Waals surface area contributed by atoms with Crippen molar-refractivity contribution >= 4 is 30.1 Å². The zero-order chi connectivity index (χ0) is 17.1. The quantitative estimate of drug-likeness (QED) is 0.756. The molecule has 25 heavy (non-hydrogen) atoms. The Morgan fingerprint density at radius 3 is 2.72 bits per heavy atom. The Morgan fingerprint density at radius 2 is 2.04 bits per heavy atom. The molecule has 1 atom stereocenters. The Hall–Kier alpha value is -1.92. The summed E-state index contributed by atoms with van der Waals surface area (Å²) < 4.78 is 0. The SMILES string of the molecule is CCCCN1C(=O)c2ccc(C(=O)NCC3CCCN3)cc2C1=O.Cl. The number of amides is 3. The van der Waals surface area contributed by atoms with Crippen LogP contribution in [-0.4, -0.2) is 48.3 Å². The molecule has 2 heterocycles. The van der Waals surface area contributed by atoms with E-state index >= 15 is 0 Å². The van der Waals surface area contributed by atoms with Gasteiger partial charge in [-0.15, -0.1) is 12.4 Å². The van der Waals surface area contributed by atoms with Crippen LogP contribution in [0.2, 0.25) is 0 Å². The molecule has 0 bridgehead atoms. The Kier molecular flexibility index (Phi) is 6.56. The van der Waals surface area contributed by atoms with Gasteiger partial charge in [-0.25, -0.2) is 0 Å². The van der Waals surface area contributed by atoms with E-state index in [9.17, 15) is 14.4 Å². The fourth-order valence-corrected chi connectivity index (χ4v) is 3.20. The van der Waals surface area contributed by atoms with Crippen molar-refractivity contribution in [3.8, 4) is 0 Å². The number of carbonyl (C=O) groups excluding carboxylic acids is 3. The van der Waals surface area contributed by atoms with E-state index in [1.54, 1.807) is 18.2 Å². The monoisotopic (exact) mass is 365 g/mol. The topological polar surface area (TPSA) is 78.5 Å². The van der Waals surface area contributed by atoms with Gasteiger partial charge in [-0.2, -0.15) is 0 Å². The molecule has 1 fully saturated rings. The van der Waals surface area contributed by atoms with Crippen molar-refractivity contribution in [2.45, 2.75) is 38.6 Å². The van der Waals surface area contributed by atoms with Gasteiger partial charge < -0.3 is 10.6 Å². The van der Waals surface area contributed by atoms with Crippen LogP contribution >= 0.6 is 12.4 Å². The Bertz CT molecular complexity index is 672. The van der Waals surface area contributed by atoms with Gasteiger partial charge in [-0.1, -0.05) is 13.3 Å². The fraction of sp³-hybridized carbons (Fsp3) is 0.500. The normalized spacial score (nSPS) is 18.9. The number of rotatable bonds is 6. The van der Waals surface area contributed by atoms with E-state index in [-0.39, 0.29) is 30.1 Å². The van der Waals surface area contributed by atoms with E-state index in [4.69, 9.17) is 0 Å². The van der Waals surface area contributed by atoms with E-state index in [1.807, 2.05) is 6.92 Å². The van der Waals surface area contributed by atoms with Crippen LogP contribution in [0.25, 0.3) is 0 Å². The lowest BCUT2D eigenvalue weighted by atomic mass is 10.1. The number of fused-ring (bicyclic) bond motifs is 1. The van der Waals surface area contributed by atoms with Crippen molar-refractivity contribution in [3.05, 3.63) is 34.9 Å². The first kappa shape index (κ1) is 19.4. The van der Waals surface area contributed by atoms with E-state index in [1.165, 1.54) is 4.90 Å². The van der Waals surface area contributed by atoms with Crippen LogP contribution < -0.4 is 10.6 Å². The molecule has 3 amide bonds. The van der Waals surface area contributed by atoms with Gasteiger partial charge in [0.1, 0.15) is 0 Å². The van der Waals surface area contributed by atoms with E-state index in [2.05, 4.69) is 10.6 Å². The minimum atomic E-state index is -0.296. The zero-order valence-corrected chi connectivity index (χ0v) is 15.2. The van der Waals surface area contributed by atoms with Crippen LogP contribution in [-0.2, 0) is 0 Å². The summed E-state index contributed by atoms with van der Waals surface area (Å²) in [5.41, 5.74) is 1.15. The summed E-state index contributed by atoms with van der Waals surface area (Å²) in [6.07, 6.45) is 3.89. The standard InChI is InChI=1S/C18H23N3O3.ClH/c1-2-3-9-21-17(23)14-7-6-12(10-15(14)18(21)24)16(22)20-11-13-5-4-8-19-13;/h6-7,10,13,19H,2-5,8-9,11H2,1H3,(H,20,22);1H. The predicted octanol–water partition coefficient (Wildman–Crippen LogP) is 1.99.